The lowest BCUT2D eigenvalue weighted by molar-refractivity contribution is -0.885. The summed E-state index contributed by atoms with van der Waals surface area (Å²) in [6.45, 7) is 1.00. The van der Waals surface area contributed by atoms with Gasteiger partial charge in [-0.2, -0.15) is 0 Å². The van der Waals surface area contributed by atoms with Crippen LogP contribution in [0.2, 0.25) is 0 Å². The summed E-state index contributed by atoms with van der Waals surface area (Å²) in [5.74, 6) is 0.568. The molecule has 3 N–H and O–H groups in total. The van der Waals surface area contributed by atoms with Crippen LogP contribution in [-0.2, 0) is 11.3 Å². The molecule has 0 aliphatic heterocycles. The molecule has 0 radical (unpaired) electrons. The van der Waals surface area contributed by atoms with Crippen LogP contribution in [0.15, 0.2) is 48.5 Å². The van der Waals surface area contributed by atoms with Crippen molar-refractivity contribution in [2.24, 2.45) is 0 Å². The van der Waals surface area contributed by atoms with E-state index in [9.17, 15) is 9.59 Å². The van der Waals surface area contributed by atoms with E-state index in [2.05, 4.69) is 10.6 Å². The molecule has 0 bridgehead atoms. The van der Waals surface area contributed by atoms with Gasteiger partial charge in [0.05, 0.1) is 25.4 Å². The Bertz CT molecular complexity index is 847. The van der Waals surface area contributed by atoms with Gasteiger partial charge in [0.15, 0.2) is 6.54 Å². The van der Waals surface area contributed by atoms with Gasteiger partial charge in [-0.1, -0.05) is 37.1 Å². The molecule has 2 aromatic carbocycles. The fourth-order valence-electron chi connectivity index (χ4n) is 3.79. The first-order valence-electron chi connectivity index (χ1n) is 10.2. The van der Waals surface area contributed by atoms with Crippen molar-refractivity contribution in [3.63, 3.8) is 0 Å². The van der Waals surface area contributed by atoms with Crippen LogP contribution in [0, 0.1) is 0 Å². The third kappa shape index (κ3) is 6.06. The van der Waals surface area contributed by atoms with E-state index in [0.717, 1.165) is 41.9 Å². The van der Waals surface area contributed by atoms with Crippen LogP contribution in [-0.4, -0.2) is 38.6 Å². The summed E-state index contributed by atoms with van der Waals surface area (Å²) in [6, 6.07) is 15.3. The van der Waals surface area contributed by atoms with Crippen LogP contribution < -0.4 is 20.3 Å². The summed E-state index contributed by atoms with van der Waals surface area (Å²) in [5.41, 5.74) is 2.17. The Morgan fingerprint density at radius 3 is 2.62 bits per heavy atom. The first-order valence-corrected chi connectivity index (χ1v) is 10.2. The molecule has 1 unspecified atom stereocenters. The summed E-state index contributed by atoms with van der Waals surface area (Å²) >= 11 is 0. The lowest BCUT2D eigenvalue weighted by atomic mass is 10.1. The molecule has 0 saturated heterocycles. The predicted octanol–water partition coefficient (Wildman–Crippen LogP) is 2.02. The zero-order valence-corrected chi connectivity index (χ0v) is 17.2. The van der Waals surface area contributed by atoms with Gasteiger partial charge in [0.25, 0.3) is 11.8 Å². The molecule has 2 aromatic rings. The molecule has 154 valence electrons. The summed E-state index contributed by atoms with van der Waals surface area (Å²) in [7, 11) is 3.61. The maximum Gasteiger partial charge on any atom is 0.279 e. The molecule has 6 nitrogen and oxygen atoms in total. The Morgan fingerprint density at radius 2 is 1.86 bits per heavy atom. The van der Waals surface area contributed by atoms with Crippen molar-refractivity contribution in [3.05, 3.63) is 59.7 Å². The third-order valence-corrected chi connectivity index (χ3v) is 5.24. The summed E-state index contributed by atoms with van der Waals surface area (Å²) in [6.07, 6.45) is 4.37. The molecule has 1 fully saturated rings. The fraction of sp³-hybridized carbons (Fsp3) is 0.391. The van der Waals surface area contributed by atoms with Crippen LogP contribution in [0.1, 0.15) is 41.6 Å². The Kier molecular flexibility index (Phi) is 7.25. The molecule has 1 aliphatic carbocycles. The Labute approximate surface area is 172 Å². The number of carbonyl (C=O) groups is 2. The van der Waals surface area contributed by atoms with Gasteiger partial charge in [-0.25, -0.2) is 0 Å². The quantitative estimate of drug-likeness (QED) is 0.639. The van der Waals surface area contributed by atoms with Crippen molar-refractivity contribution in [2.75, 3.05) is 26.0 Å². The number of hydrogen-bond acceptors (Lipinski definition) is 3. The number of methoxy groups -OCH3 is 1. The van der Waals surface area contributed by atoms with E-state index < -0.39 is 0 Å². The Hall–Kier alpha value is -2.86. The first kappa shape index (κ1) is 20.9. The van der Waals surface area contributed by atoms with Gasteiger partial charge < -0.3 is 20.3 Å². The maximum atomic E-state index is 12.6. The predicted molar refractivity (Wildman–Crippen MR) is 113 cm³/mol. The van der Waals surface area contributed by atoms with Gasteiger partial charge in [0, 0.05) is 11.6 Å². The second-order valence-corrected chi connectivity index (χ2v) is 7.71. The number of carbonyl (C=O) groups excluding carboxylic acids is 2. The van der Waals surface area contributed by atoms with Gasteiger partial charge in [-0.05, 0) is 37.1 Å². The molecule has 0 heterocycles. The number of quaternary nitrogens is 1. The highest BCUT2D eigenvalue weighted by Gasteiger charge is 2.20. The smallest absolute Gasteiger partial charge is 0.279 e. The molecule has 6 heteroatoms. The van der Waals surface area contributed by atoms with E-state index in [4.69, 9.17) is 4.74 Å². The first-order chi connectivity index (χ1) is 14.0. The highest BCUT2D eigenvalue weighted by molar-refractivity contribution is 6.04. The van der Waals surface area contributed by atoms with E-state index in [1.165, 1.54) is 0 Å². The number of amides is 2. The van der Waals surface area contributed by atoms with Gasteiger partial charge in [-0.15, -0.1) is 0 Å². The molecule has 1 aliphatic rings. The van der Waals surface area contributed by atoms with Gasteiger partial charge in [0.2, 0.25) is 0 Å². The molecule has 3 rings (SSSR count). The number of hydrogen-bond donors (Lipinski definition) is 3. The molecule has 1 saturated carbocycles. The molecule has 1 atom stereocenters. The van der Waals surface area contributed by atoms with Crippen molar-refractivity contribution in [1.82, 2.24) is 5.32 Å². The second-order valence-electron chi connectivity index (χ2n) is 7.71. The average molecular weight is 397 g/mol. The average Bonchev–Trinajstić information content (AvgIpc) is 3.21. The lowest BCUT2D eigenvalue weighted by Gasteiger charge is -2.17. The maximum absolute atomic E-state index is 12.6. The Balaban J connectivity index is 1.57. The minimum Gasteiger partial charge on any atom is -0.497 e. The van der Waals surface area contributed by atoms with Crippen molar-refractivity contribution in [1.29, 1.82) is 0 Å². The van der Waals surface area contributed by atoms with Gasteiger partial charge in [0.1, 0.15) is 12.3 Å². The van der Waals surface area contributed by atoms with Gasteiger partial charge >= 0.3 is 0 Å². The largest absolute Gasteiger partial charge is 0.497 e. The summed E-state index contributed by atoms with van der Waals surface area (Å²) in [4.78, 5) is 26.3. The summed E-state index contributed by atoms with van der Waals surface area (Å²) in [5, 5.41) is 6.00. The topological polar surface area (TPSA) is 71.9 Å². The SMILES string of the molecule is COc1cccc(C[NH+](C)CC(=O)Nc2ccccc2C(=O)NC2CCCC2)c1. The number of nitrogens with one attached hydrogen (secondary N) is 3. The monoisotopic (exact) mass is 396 g/mol. The zero-order valence-electron chi connectivity index (χ0n) is 17.2. The fourth-order valence-corrected chi connectivity index (χ4v) is 3.79. The van der Waals surface area contributed by atoms with E-state index in [1.54, 1.807) is 19.2 Å². The normalized spacial score (nSPS) is 15.0. The van der Waals surface area contributed by atoms with Crippen LogP contribution in [0.5, 0.6) is 5.75 Å². The highest BCUT2D eigenvalue weighted by atomic mass is 16.5. The highest BCUT2D eigenvalue weighted by Crippen LogP contribution is 2.20. The molecule has 2 amide bonds. The van der Waals surface area contributed by atoms with Crippen molar-refractivity contribution >= 4 is 17.5 Å². The lowest BCUT2D eigenvalue weighted by Crippen LogP contribution is -3.08. The number of benzene rings is 2. The Morgan fingerprint density at radius 1 is 1.10 bits per heavy atom. The van der Waals surface area contributed by atoms with E-state index >= 15 is 0 Å². The number of likely N-dealkylation sites (N-methyl/N-ethyl adjacent to an activating group) is 1. The number of para-hydroxylation sites is 1. The van der Waals surface area contributed by atoms with E-state index in [-0.39, 0.29) is 17.9 Å². The van der Waals surface area contributed by atoms with Crippen LogP contribution in [0.4, 0.5) is 5.69 Å². The summed E-state index contributed by atoms with van der Waals surface area (Å²) < 4.78 is 5.25. The second kappa shape index (κ2) is 10.1. The third-order valence-electron chi connectivity index (χ3n) is 5.24. The standard InChI is InChI=1S/C23H29N3O3/c1-26(15-17-8-7-11-19(14-17)29-2)16-22(27)25-21-13-6-5-12-20(21)23(28)24-18-9-3-4-10-18/h5-8,11-14,18H,3-4,9-10,15-16H2,1-2H3,(H,24,28)(H,25,27)/p+1. The minimum atomic E-state index is -0.120. The zero-order chi connectivity index (χ0) is 20.6. The van der Waals surface area contributed by atoms with E-state index in [1.807, 2.05) is 43.4 Å². The molecule has 0 aromatic heterocycles. The van der Waals surface area contributed by atoms with Crippen molar-refractivity contribution < 1.29 is 19.2 Å². The molecule has 29 heavy (non-hydrogen) atoms. The van der Waals surface area contributed by atoms with E-state index in [0.29, 0.717) is 24.3 Å². The molecular formula is C23H30N3O3+. The minimum absolute atomic E-state index is 0.119. The number of ether oxygens (including phenoxy) is 1. The number of anilines is 1. The van der Waals surface area contributed by atoms with Crippen molar-refractivity contribution in [3.8, 4) is 5.75 Å². The van der Waals surface area contributed by atoms with Crippen LogP contribution in [0.25, 0.3) is 0 Å². The number of rotatable bonds is 8. The van der Waals surface area contributed by atoms with Crippen LogP contribution >= 0.6 is 0 Å². The molecular weight excluding hydrogens is 366 g/mol. The van der Waals surface area contributed by atoms with Crippen LogP contribution in [0.3, 0.4) is 0 Å². The molecule has 0 spiro atoms. The van der Waals surface area contributed by atoms with Crippen molar-refractivity contribution in [2.45, 2.75) is 38.3 Å². The van der Waals surface area contributed by atoms with Gasteiger partial charge in [-0.3, -0.25) is 9.59 Å².